The number of carbonyl (C=O) groups excluding carboxylic acids is 1. The van der Waals surface area contributed by atoms with Gasteiger partial charge >= 0.3 is 0 Å². The standard InChI is InChI=1S/C20H20FN3O/c1-10-11(2)24-19-14(20(22)25)9-15(21)18(17(10)19)13-6-5-12-4-3-7-23-16(12)8-13/h5-6,8-9,23-24H,3-4,7H2,1-2H3,(H2,22,25). The molecule has 1 aliphatic rings. The van der Waals surface area contributed by atoms with Crippen molar-refractivity contribution in [3.63, 3.8) is 0 Å². The van der Waals surface area contributed by atoms with Gasteiger partial charge in [0.1, 0.15) is 5.82 Å². The van der Waals surface area contributed by atoms with E-state index >= 15 is 4.39 Å². The van der Waals surface area contributed by atoms with Crippen molar-refractivity contribution in [1.82, 2.24) is 4.98 Å². The van der Waals surface area contributed by atoms with Crippen LogP contribution in [0.1, 0.15) is 33.6 Å². The third-order valence-corrected chi connectivity index (χ3v) is 5.13. The lowest BCUT2D eigenvalue weighted by molar-refractivity contribution is 0.100. The van der Waals surface area contributed by atoms with Crippen molar-refractivity contribution in [3.8, 4) is 11.1 Å². The summed E-state index contributed by atoms with van der Waals surface area (Å²) in [6, 6.07) is 7.24. The Morgan fingerprint density at radius 2 is 2.04 bits per heavy atom. The van der Waals surface area contributed by atoms with E-state index in [1.165, 1.54) is 11.6 Å². The summed E-state index contributed by atoms with van der Waals surface area (Å²) >= 11 is 0. The third kappa shape index (κ3) is 2.38. The summed E-state index contributed by atoms with van der Waals surface area (Å²) in [5, 5.41) is 4.11. The fourth-order valence-corrected chi connectivity index (χ4v) is 3.72. The minimum absolute atomic E-state index is 0.184. The summed E-state index contributed by atoms with van der Waals surface area (Å²) in [6.45, 7) is 4.77. The Morgan fingerprint density at radius 1 is 1.24 bits per heavy atom. The Kier molecular flexibility index (Phi) is 3.53. The van der Waals surface area contributed by atoms with Crippen molar-refractivity contribution in [2.24, 2.45) is 5.73 Å². The predicted molar refractivity (Wildman–Crippen MR) is 98.5 cm³/mol. The normalized spacial score (nSPS) is 13.6. The van der Waals surface area contributed by atoms with Crippen LogP contribution in [-0.2, 0) is 6.42 Å². The van der Waals surface area contributed by atoms with Crippen LogP contribution in [0.3, 0.4) is 0 Å². The highest BCUT2D eigenvalue weighted by atomic mass is 19.1. The quantitative estimate of drug-likeness (QED) is 0.660. The zero-order valence-electron chi connectivity index (χ0n) is 14.3. The van der Waals surface area contributed by atoms with Crippen molar-refractivity contribution >= 4 is 22.5 Å². The van der Waals surface area contributed by atoms with Crippen LogP contribution in [0.2, 0.25) is 0 Å². The summed E-state index contributed by atoms with van der Waals surface area (Å²) in [6.07, 6.45) is 2.14. The van der Waals surface area contributed by atoms with Crippen LogP contribution in [0.15, 0.2) is 24.3 Å². The largest absolute Gasteiger partial charge is 0.385 e. The minimum Gasteiger partial charge on any atom is -0.385 e. The van der Waals surface area contributed by atoms with E-state index in [1.54, 1.807) is 0 Å². The number of hydrogen-bond acceptors (Lipinski definition) is 2. The maximum absolute atomic E-state index is 15.0. The molecule has 2 aromatic carbocycles. The first-order valence-electron chi connectivity index (χ1n) is 8.45. The highest BCUT2D eigenvalue weighted by Crippen LogP contribution is 2.38. The van der Waals surface area contributed by atoms with Crippen LogP contribution in [0, 0.1) is 19.7 Å². The molecule has 4 N–H and O–H groups in total. The molecule has 3 aromatic rings. The number of H-pyrrole nitrogens is 1. The Labute approximate surface area is 145 Å². The summed E-state index contributed by atoms with van der Waals surface area (Å²) in [5.74, 6) is -1.07. The Morgan fingerprint density at radius 3 is 2.80 bits per heavy atom. The zero-order valence-corrected chi connectivity index (χ0v) is 14.3. The van der Waals surface area contributed by atoms with Crippen LogP contribution in [0.25, 0.3) is 22.0 Å². The first-order chi connectivity index (χ1) is 12.0. The van der Waals surface area contributed by atoms with Crippen molar-refractivity contribution in [1.29, 1.82) is 0 Å². The molecule has 0 bridgehead atoms. The molecule has 1 amide bonds. The second kappa shape index (κ2) is 5.62. The number of primary amides is 1. The molecule has 4 rings (SSSR count). The molecule has 25 heavy (non-hydrogen) atoms. The molecule has 0 aliphatic carbocycles. The van der Waals surface area contributed by atoms with E-state index in [0.717, 1.165) is 47.3 Å². The molecule has 4 nitrogen and oxygen atoms in total. The van der Waals surface area contributed by atoms with Gasteiger partial charge in [0.25, 0.3) is 5.91 Å². The number of aromatic amines is 1. The zero-order chi connectivity index (χ0) is 17.7. The number of aryl methyl sites for hydroxylation is 3. The first kappa shape index (κ1) is 15.7. The lowest BCUT2D eigenvalue weighted by Crippen LogP contribution is -2.13. The van der Waals surface area contributed by atoms with Crippen LogP contribution >= 0.6 is 0 Å². The molecule has 0 spiro atoms. The number of nitrogens with two attached hydrogens (primary N) is 1. The summed E-state index contributed by atoms with van der Waals surface area (Å²) in [7, 11) is 0. The molecule has 2 heterocycles. The van der Waals surface area contributed by atoms with Crippen LogP contribution in [-0.4, -0.2) is 17.4 Å². The van der Waals surface area contributed by atoms with Crippen molar-refractivity contribution in [3.05, 3.63) is 52.5 Å². The van der Waals surface area contributed by atoms with Gasteiger partial charge in [-0.2, -0.15) is 0 Å². The molecule has 0 radical (unpaired) electrons. The molecule has 0 fully saturated rings. The molecule has 0 unspecified atom stereocenters. The number of amides is 1. The van der Waals surface area contributed by atoms with Gasteiger partial charge in [0.2, 0.25) is 0 Å². The number of halogens is 1. The van der Waals surface area contributed by atoms with Crippen LogP contribution in [0.4, 0.5) is 10.1 Å². The van der Waals surface area contributed by atoms with Gasteiger partial charge in [0.05, 0.1) is 11.1 Å². The van der Waals surface area contributed by atoms with E-state index in [0.29, 0.717) is 11.1 Å². The molecule has 1 aliphatic heterocycles. The number of nitrogens with one attached hydrogen (secondary N) is 2. The molecule has 1 aromatic heterocycles. The van der Waals surface area contributed by atoms with E-state index in [1.807, 2.05) is 26.0 Å². The molecule has 0 saturated carbocycles. The van der Waals surface area contributed by atoms with Crippen molar-refractivity contribution < 1.29 is 9.18 Å². The Balaban J connectivity index is 2.04. The van der Waals surface area contributed by atoms with E-state index in [-0.39, 0.29) is 5.56 Å². The van der Waals surface area contributed by atoms with Crippen molar-refractivity contribution in [2.45, 2.75) is 26.7 Å². The summed E-state index contributed by atoms with van der Waals surface area (Å²) in [4.78, 5) is 14.9. The Hall–Kier alpha value is -2.82. The van der Waals surface area contributed by atoms with Crippen LogP contribution < -0.4 is 11.1 Å². The number of aromatic nitrogens is 1. The van der Waals surface area contributed by atoms with Gasteiger partial charge in [0.15, 0.2) is 0 Å². The topological polar surface area (TPSA) is 70.9 Å². The molecule has 5 heteroatoms. The molecule has 0 saturated heterocycles. The summed E-state index contributed by atoms with van der Waals surface area (Å²) < 4.78 is 15.0. The van der Waals surface area contributed by atoms with Crippen LogP contribution in [0.5, 0.6) is 0 Å². The molecule has 0 atom stereocenters. The second-order valence-electron chi connectivity index (χ2n) is 6.67. The lowest BCUT2D eigenvalue weighted by Gasteiger charge is -2.19. The van der Waals surface area contributed by atoms with Crippen molar-refractivity contribution in [2.75, 3.05) is 11.9 Å². The van der Waals surface area contributed by atoms with E-state index in [2.05, 4.69) is 16.4 Å². The minimum atomic E-state index is -0.635. The van der Waals surface area contributed by atoms with Gasteiger partial charge in [-0.25, -0.2) is 4.39 Å². The first-order valence-corrected chi connectivity index (χ1v) is 8.45. The highest BCUT2D eigenvalue weighted by molar-refractivity contribution is 6.11. The van der Waals surface area contributed by atoms with E-state index in [4.69, 9.17) is 5.73 Å². The van der Waals surface area contributed by atoms with Gasteiger partial charge in [-0.15, -0.1) is 0 Å². The average molecular weight is 337 g/mol. The highest BCUT2D eigenvalue weighted by Gasteiger charge is 2.21. The monoisotopic (exact) mass is 337 g/mol. The fraction of sp³-hybridized carbons (Fsp3) is 0.250. The predicted octanol–water partition coefficient (Wildman–Crippen LogP) is 4.05. The lowest BCUT2D eigenvalue weighted by atomic mass is 9.93. The number of rotatable bonds is 2. The van der Waals surface area contributed by atoms with Gasteiger partial charge in [-0.05, 0) is 55.5 Å². The van der Waals surface area contributed by atoms with Gasteiger partial charge < -0.3 is 16.0 Å². The fourth-order valence-electron chi connectivity index (χ4n) is 3.72. The number of hydrogen-bond donors (Lipinski definition) is 3. The average Bonchev–Trinajstić information content (AvgIpc) is 2.89. The Bertz CT molecular complexity index is 1020. The number of fused-ring (bicyclic) bond motifs is 2. The molecule has 128 valence electrons. The van der Waals surface area contributed by atoms with E-state index in [9.17, 15) is 4.79 Å². The smallest absolute Gasteiger partial charge is 0.250 e. The number of anilines is 1. The van der Waals surface area contributed by atoms with E-state index < -0.39 is 11.7 Å². The second-order valence-corrected chi connectivity index (χ2v) is 6.67. The number of benzene rings is 2. The summed E-state index contributed by atoms with van der Waals surface area (Å²) in [5.41, 5.74) is 11.7. The maximum Gasteiger partial charge on any atom is 0.250 e. The maximum atomic E-state index is 15.0. The number of carbonyl (C=O) groups is 1. The van der Waals surface area contributed by atoms with Gasteiger partial charge in [0, 0.05) is 28.9 Å². The third-order valence-electron chi connectivity index (χ3n) is 5.13. The van der Waals surface area contributed by atoms with Gasteiger partial charge in [-0.1, -0.05) is 12.1 Å². The SMILES string of the molecule is Cc1[nH]c2c(C(N)=O)cc(F)c(-c3ccc4c(c3)NCCC4)c2c1C. The molecular formula is C20H20FN3O. The van der Waals surface area contributed by atoms with Gasteiger partial charge in [-0.3, -0.25) is 4.79 Å². The molecular weight excluding hydrogens is 317 g/mol.